The number of unbranched alkanes of at least 4 members (excludes halogenated alkanes) is 1. The molecule has 0 spiro atoms. The summed E-state index contributed by atoms with van der Waals surface area (Å²) in [5, 5.41) is 28.9. The number of hydrogen-bond acceptors (Lipinski definition) is 6. The Labute approximate surface area is 122 Å². The summed E-state index contributed by atoms with van der Waals surface area (Å²) in [7, 11) is 0. The normalized spacial score (nSPS) is 13.5. The molecule has 0 aliphatic heterocycles. The highest BCUT2D eigenvalue weighted by atomic mass is 16.6. The number of aliphatic hydroxyl groups is 2. The molecule has 0 saturated carbocycles. The van der Waals surface area contributed by atoms with Crippen LogP contribution >= 0.6 is 0 Å². The van der Waals surface area contributed by atoms with Gasteiger partial charge in [0.15, 0.2) is 0 Å². The van der Waals surface area contributed by atoms with Gasteiger partial charge in [0.2, 0.25) is 0 Å². The number of benzene rings is 1. The smallest absolute Gasteiger partial charge is 0.338 e. The fourth-order valence-corrected chi connectivity index (χ4v) is 1.66. The Morgan fingerprint density at radius 1 is 1.29 bits per heavy atom. The van der Waals surface area contributed by atoms with E-state index in [4.69, 9.17) is 9.84 Å². The molecule has 1 aromatic rings. The predicted octanol–water partition coefficient (Wildman–Crippen LogP) is 1.66. The number of ether oxygens (including phenoxy) is 1. The molecular formula is C14H19NO6. The molecule has 2 N–H and O–H groups in total. The number of esters is 1. The number of rotatable bonds is 8. The molecule has 1 aromatic carbocycles. The highest BCUT2D eigenvalue weighted by Gasteiger charge is 2.12. The first-order valence-electron chi connectivity index (χ1n) is 6.69. The van der Waals surface area contributed by atoms with Crippen molar-refractivity contribution in [2.75, 3.05) is 6.61 Å². The van der Waals surface area contributed by atoms with Crippen molar-refractivity contribution in [3.8, 4) is 0 Å². The van der Waals surface area contributed by atoms with Gasteiger partial charge < -0.3 is 14.9 Å². The molecule has 0 amide bonds. The van der Waals surface area contributed by atoms with E-state index in [1.807, 2.05) is 0 Å². The number of carbonyl (C=O) groups excluding carboxylic acids is 1. The molecule has 0 heterocycles. The third-order valence-corrected chi connectivity index (χ3v) is 3.00. The van der Waals surface area contributed by atoms with E-state index in [9.17, 15) is 20.0 Å². The number of nitro benzene ring substituents is 1. The van der Waals surface area contributed by atoms with Gasteiger partial charge in [0.05, 0.1) is 29.3 Å². The number of hydrogen-bond donors (Lipinski definition) is 2. The maximum Gasteiger partial charge on any atom is 0.338 e. The van der Waals surface area contributed by atoms with Crippen molar-refractivity contribution in [2.45, 2.75) is 38.4 Å². The number of non-ortho nitro benzene ring substituents is 1. The Bertz CT molecular complexity index is 471. The first kappa shape index (κ1) is 17.1. The van der Waals surface area contributed by atoms with Crippen molar-refractivity contribution in [2.24, 2.45) is 0 Å². The highest BCUT2D eigenvalue weighted by Crippen LogP contribution is 2.13. The number of aliphatic hydroxyl groups excluding tert-OH is 2. The van der Waals surface area contributed by atoms with Gasteiger partial charge in [0, 0.05) is 12.1 Å². The summed E-state index contributed by atoms with van der Waals surface area (Å²) in [5.41, 5.74) is 0.170. The summed E-state index contributed by atoms with van der Waals surface area (Å²) in [4.78, 5) is 21.6. The summed E-state index contributed by atoms with van der Waals surface area (Å²) in [5.74, 6) is -0.541. The van der Waals surface area contributed by atoms with Crippen LogP contribution in [0.1, 0.15) is 36.5 Å². The zero-order chi connectivity index (χ0) is 15.8. The number of nitro groups is 1. The van der Waals surface area contributed by atoms with E-state index >= 15 is 0 Å². The van der Waals surface area contributed by atoms with E-state index < -0.39 is 23.1 Å². The van der Waals surface area contributed by atoms with Crippen LogP contribution in [0, 0.1) is 10.1 Å². The van der Waals surface area contributed by atoms with E-state index in [0.29, 0.717) is 19.3 Å². The van der Waals surface area contributed by atoms with Gasteiger partial charge in [-0.2, -0.15) is 0 Å². The molecular weight excluding hydrogens is 278 g/mol. The summed E-state index contributed by atoms with van der Waals surface area (Å²) >= 11 is 0. The van der Waals surface area contributed by atoms with Gasteiger partial charge in [-0.15, -0.1) is 0 Å². The molecule has 0 bridgehead atoms. The van der Waals surface area contributed by atoms with Crippen molar-refractivity contribution < 1.29 is 24.7 Å². The summed E-state index contributed by atoms with van der Waals surface area (Å²) in [6, 6.07) is 5.18. The third-order valence-electron chi connectivity index (χ3n) is 3.00. The molecule has 0 aliphatic rings. The molecule has 0 radical (unpaired) electrons. The van der Waals surface area contributed by atoms with Crippen LogP contribution < -0.4 is 0 Å². The lowest BCUT2D eigenvalue weighted by Crippen LogP contribution is -2.22. The summed E-state index contributed by atoms with van der Waals surface area (Å²) < 4.78 is 5.02. The average molecular weight is 297 g/mol. The van der Waals surface area contributed by atoms with Gasteiger partial charge in [-0.1, -0.05) is 0 Å². The topological polar surface area (TPSA) is 110 Å². The van der Waals surface area contributed by atoms with Gasteiger partial charge in [0.1, 0.15) is 0 Å². The lowest BCUT2D eigenvalue weighted by molar-refractivity contribution is -0.384. The van der Waals surface area contributed by atoms with E-state index in [-0.39, 0.29) is 17.9 Å². The van der Waals surface area contributed by atoms with Crippen LogP contribution in [0.2, 0.25) is 0 Å². The van der Waals surface area contributed by atoms with Crippen molar-refractivity contribution in [3.05, 3.63) is 39.9 Å². The molecule has 0 saturated heterocycles. The SMILES string of the molecule is CC(O)C(O)CCCCOC(=O)c1ccc([N+](=O)[O-])cc1. The molecule has 7 heteroatoms. The number of nitrogens with zero attached hydrogens (tertiary/aromatic N) is 1. The minimum absolute atomic E-state index is 0.0846. The van der Waals surface area contributed by atoms with Gasteiger partial charge >= 0.3 is 5.97 Å². The van der Waals surface area contributed by atoms with Crippen molar-refractivity contribution >= 4 is 11.7 Å². The van der Waals surface area contributed by atoms with Crippen LogP contribution in [-0.4, -0.2) is 39.9 Å². The second-order valence-corrected chi connectivity index (χ2v) is 4.74. The second kappa shape index (κ2) is 8.33. The fraction of sp³-hybridized carbons (Fsp3) is 0.500. The molecule has 0 aliphatic carbocycles. The minimum atomic E-state index is -0.771. The highest BCUT2D eigenvalue weighted by molar-refractivity contribution is 5.89. The van der Waals surface area contributed by atoms with Crippen LogP contribution in [0.5, 0.6) is 0 Å². The lowest BCUT2D eigenvalue weighted by atomic mass is 10.1. The fourth-order valence-electron chi connectivity index (χ4n) is 1.66. The third kappa shape index (κ3) is 5.88. The first-order valence-corrected chi connectivity index (χ1v) is 6.69. The zero-order valence-electron chi connectivity index (χ0n) is 11.8. The summed E-state index contributed by atoms with van der Waals surface area (Å²) in [6.07, 6.45) is 0.0949. The molecule has 0 fully saturated rings. The Hall–Kier alpha value is -1.99. The standard InChI is InChI=1S/C14H19NO6/c1-10(16)13(17)4-2-3-9-21-14(18)11-5-7-12(8-6-11)15(19)20/h5-8,10,13,16-17H,2-4,9H2,1H3. The van der Waals surface area contributed by atoms with E-state index in [0.717, 1.165) is 0 Å². The maximum atomic E-state index is 11.6. The molecule has 2 unspecified atom stereocenters. The van der Waals surface area contributed by atoms with E-state index in [1.165, 1.54) is 31.2 Å². The van der Waals surface area contributed by atoms with Gasteiger partial charge in [-0.25, -0.2) is 4.79 Å². The molecule has 21 heavy (non-hydrogen) atoms. The Morgan fingerprint density at radius 3 is 2.43 bits per heavy atom. The second-order valence-electron chi connectivity index (χ2n) is 4.74. The molecule has 116 valence electrons. The predicted molar refractivity (Wildman–Crippen MR) is 74.9 cm³/mol. The van der Waals surface area contributed by atoms with Gasteiger partial charge in [-0.05, 0) is 38.3 Å². The molecule has 2 atom stereocenters. The summed E-state index contributed by atoms with van der Waals surface area (Å²) in [6.45, 7) is 1.71. The lowest BCUT2D eigenvalue weighted by Gasteiger charge is -2.12. The van der Waals surface area contributed by atoms with Crippen LogP contribution in [0.4, 0.5) is 5.69 Å². The molecule has 1 rings (SSSR count). The van der Waals surface area contributed by atoms with Crippen LogP contribution in [0.25, 0.3) is 0 Å². The van der Waals surface area contributed by atoms with Crippen molar-refractivity contribution in [3.63, 3.8) is 0 Å². The first-order chi connectivity index (χ1) is 9.91. The Morgan fingerprint density at radius 2 is 1.90 bits per heavy atom. The monoisotopic (exact) mass is 297 g/mol. The van der Waals surface area contributed by atoms with Crippen molar-refractivity contribution in [1.29, 1.82) is 0 Å². The Kier molecular flexibility index (Phi) is 6.77. The average Bonchev–Trinajstić information content (AvgIpc) is 2.46. The van der Waals surface area contributed by atoms with Gasteiger partial charge in [-0.3, -0.25) is 10.1 Å². The quantitative estimate of drug-likeness (QED) is 0.327. The van der Waals surface area contributed by atoms with E-state index in [2.05, 4.69) is 0 Å². The van der Waals surface area contributed by atoms with Crippen LogP contribution in [0.15, 0.2) is 24.3 Å². The Balaban J connectivity index is 2.29. The largest absolute Gasteiger partial charge is 0.462 e. The maximum absolute atomic E-state index is 11.6. The van der Waals surface area contributed by atoms with Crippen LogP contribution in [-0.2, 0) is 4.74 Å². The number of carbonyl (C=O) groups is 1. The molecule has 0 aromatic heterocycles. The van der Waals surface area contributed by atoms with Crippen molar-refractivity contribution in [1.82, 2.24) is 0 Å². The van der Waals surface area contributed by atoms with Crippen LogP contribution in [0.3, 0.4) is 0 Å². The van der Waals surface area contributed by atoms with Gasteiger partial charge in [0.25, 0.3) is 5.69 Å². The van der Waals surface area contributed by atoms with E-state index in [1.54, 1.807) is 0 Å². The zero-order valence-corrected chi connectivity index (χ0v) is 11.8. The molecule has 7 nitrogen and oxygen atoms in total. The minimum Gasteiger partial charge on any atom is -0.462 e.